The van der Waals surface area contributed by atoms with Crippen molar-refractivity contribution in [2.24, 2.45) is 0 Å². The summed E-state index contributed by atoms with van der Waals surface area (Å²) in [5.74, 6) is 0.683. The molecule has 0 saturated heterocycles. The second-order valence-electron chi connectivity index (χ2n) is 16.0. The molecule has 290 valence electrons. The minimum Gasteiger partial charge on any atom is -0.455 e. The van der Waals surface area contributed by atoms with Gasteiger partial charge in [0.05, 0.1) is 16.8 Å². The van der Waals surface area contributed by atoms with Crippen LogP contribution in [0.1, 0.15) is 22.3 Å². The Morgan fingerprint density at radius 1 is 0.339 bits per heavy atom. The van der Waals surface area contributed by atoms with Gasteiger partial charge in [0.2, 0.25) is 0 Å². The van der Waals surface area contributed by atoms with Crippen LogP contribution in [0.5, 0.6) is 0 Å². The summed E-state index contributed by atoms with van der Waals surface area (Å²) in [6.07, 6.45) is 0. The molecule has 0 amide bonds. The Morgan fingerprint density at radius 2 is 0.871 bits per heavy atom. The second-order valence-corrected chi connectivity index (χ2v) is 16.0. The molecule has 11 aromatic rings. The van der Waals surface area contributed by atoms with E-state index in [1.165, 1.54) is 38.9 Å². The van der Waals surface area contributed by atoms with Crippen LogP contribution in [0.15, 0.2) is 235 Å². The molecule has 1 aliphatic rings. The lowest BCUT2D eigenvalue weighted by molar-refractivity contribution is 0.670. The molecule has 0 radical (unpaired) electrons. The SMILES string of the molecule is c1ccc(-c2nc(-c3ccc(-c4cccc5c4-c4ccccc4C5(c4ccccc4)c4ccccc4)cc3)cc(-c3cccc(-c4cccc5c4oc4ccccc45)c3)n2)cc1. The fraction of sp³-hybridized carbons (Fsp3) is 0.0169. The van der Waals surface area contributed by atoms with Crippen molar-refractivity contribution in [3.8, 4) is 67.3 Å². The third-order valence-electron chi connectivity index (χ3n) is 12.6. The highest BCUT2D eigenvalue weighted by Crippen LogP contribution is 2.58. The van der Waals surface area contributed by atoms with Gasteiger partial charge in [-0.25, -0.2) is 9.97 Å². The third kappa shape index (κ3) is 5.67. The van der Waals surface area contributed by atoms with Gasteiger partial charge in [0, 0.05) is 33.0 Å². The first-order valence-electron chi connectivity index (χ1n) is 21.1. The molecule has 0 fully saturated rings. The van der Waals surface area contributed by atoms with E-state index in [1.807, 2.05) is 30.3 Å². The second kappa shape index (κ2) is 14.5. The van der Waals surface area contributed by atoms with Gasteiger partial charge in [0.25, 0.3) is 0 Å². The number of rotatable bonds is 7. The number of fused-ring (bicyclic) bond motifs is 6. The van der Waals surface area contributed by atoms with E-state index in [-0.39, 0.29) is 0 Å². The van der Waals surface area contributed by atoms with Crippen molar-refractivity contribution < 1.29 is 4.42 Å². The molecule has 3 nitrogen and oxygen atoms in total. The normalized spacial score (nSPS) is 12.6. The molecule has 62 heavy (non-hydrogen) atoms. The molecule has 0 bridgehead atoms. The number of para-hydroxylation sites is 2. The molecule has 0 saturated carbocycles. The van der Waals surface area contributed by atoms with Gasteiger partial charge in [-0.3, -0.25) is 0 Å². The highest BCUT2D eigenvalue weighted by molar-refractivity contribution is 6.09. The molecule has 2 heterocycles. The molecule has 9 aromatic carbocycles. The van der Waals surface area contributed by atoms with Crippen molar-refractivity contribution in [3.63, 3.8) is 0 Å². The highest BCUT2D eigenvalue weighted by atomic mass is 16.3. The first-order chi connectivity index (χ1) is 30.7. The fourth-order valence-corrected chi connectivity index (χ4v) is 9.83. The molecule has 0 atom stereocenters. The van der Waals surface area contributed by atoms with Gasteiger partial charge in [-0.2, -0.15) is 0 Å². The van der Waals surface area contributed by atoms with Gasteiger partial charge >= 0.3 is 0 Å². The van der Waals surface area contributed by atoms with E-state index >= 15 is 0 Å². The van der Waals surface area contributed by atoms with Gasteiger partial charge in [-0.1, -0.05) is 212 Å². The number of aromatic nitrogens is 2. The summed E-state index contributed by atoms with van der Waals surface area (Å²) in [6, 6.07) is 82.2. The van der Waals surface area contributed by atoms with E-state index in [9.17, 15) is 0 Å². The number of hydrogen-bond acceptors (Lipinski definition) is 3. The summed E-state index contributed by atoms with van der Waals surface area (Å²) in [6.45, 7) is 0. The van der Waals surface area contributed by atoms with E-state index in [4.69, 9.17) is 14.4 Å². The predicted octanol–water partition coefficient (Wildman–Crippen LogP) is 15.1. The standard InChI is InChI=1S/C59H38N2O/c1-4-17-41(18-5-1)58-60-53(38-54(61-58)43-20-14-19-42(37-43)47-28-15-29-49-48-25-11-13-32-55(48)62-57(47)49)40-35-33-39(34-36-40)46-27-16-31-52-56(46)50-26-10-12-30-51(50)59(52,44-21-6-2-7-22-44)45-23-8-3-9-24-45/h1-38H. The summed E-state index contributed by atoms with van der Waals surface area (Å²) in [5, 5.41) is 2.23. The summed E-state index contributed by atoms with van der Waals surface area (Å²) in [7, 11) is 0. The van der Waals surface area contributed by atoms with Crippen LogP contribution in [0.25, 0.3) is 89.2 Å². The number of benzene rings is 9. The number of hydrogen-bond donors (Lipinski definition) is 0. The fourth-order valence-electron chi connectivity index (χ4n) is 9.83. The Balaban J connectivity index is 0.975. The summed E-state index contributed by atoms with van der Waals surface area (Å²) in [4.78, 5) is 10.4. The van der Waals surface area contributed by atoms with Crippen molar-refractivity contribution in [3.05, 3.63) is 253 Å². The monoisotopic (exact) mass is 790 g/mol. The smallest absolute Gasteiger partial charge is 0.160 e. The molecule has 1 aliphatic carbocycles. The van der Waals surface area contributed by atoms with Crippen LogP contribution >= 0.6 is 0 Å². The van der Waals surface area contributed by atoms with Crippen LogP contribution in [0.2, 0.25) is 0 Å². The van der Waals surface area contributed by atoms with Gasteiger partial charge in [-0.05, 0) is 68.3 Å². The molecule has 0 aliphatic heterocycles. The van der Waals surface area contributed by atoms with Crippen molar-refractivity contribution >= 4 is 21.9 Å². The Hall–Kier alpha value is -8.14. The maximum Gasteiger partial charge on any atom is 0.160 e. The molecule has 0 N–H and O–H groups in total. The van der Waals surface area contributed by atoms with Crippen LogP contribution in [-0.2, 0) is 5.41 Å². The zero-order valence-corrected chi connectivity index (χ0v) is 33.7. The van der Waals surface area contributed by atoms with E-state index in [0.29, 0.717) is 5.82 Å². The minimum absolute atomic E-state index is 0.453. The summed E-state index contributed by atoms with van der Waals surface area (Å²) >= 11 is 0. The molecule has 3 heteroatoms. The predicted molar refractivity (Wildman–Crippen MR) is 254 cm³/mol. The summed E-state index contributed by atoms with van der Waals surface area (Å²) < 4.78 is 6.45. The van der Waals surface area contributed by atoms with Crippen LogP contribution in [-0.4, -0.2) is 9.97 Å². The molecule has 0 spiro atoms. The lowest BCUT2D eigenvalue weighted by atomic mass is 9.67. The third-order valence-corrected chi connectivity index (χ3v) is 12.6. The quantitative estimate of drug-likeness (QED) is 0.161. The van der Waals surface area contributed by atoms with Crippen molar-refractivity contribution in [1.29, 1.82) is 0 Å². The first kappa shape index (κ1) is 35.8. The lowest BCUT2D eigenvalue weighted by Crippen LogP contribution is -2.28. The van der Waals surface area contributed by atoms with E-state index < -0.39 is 5.41 Å². The number of nitrogens with zero attached hydrogens (tertiary/aromatic N) is 2. The zero-order valence-electron chi connectivity index (χ0n) is 33.7. The largest absolute Gasteiger partial charge is 0.455 e. The molecular formula is C59H38N2O. The van der Waals surface area contributed by atoms with Gasteiger partial charge in [0.1, 0.15) is 11.2 Å². The maximum atomic E-state index is 6.45. The number of furan rings is 1. The Bertz CT molecular complexity index is 3400. The van der Waals surface area contributed by atoms with Gasteiger partial charge in [0.15, 0.2) is 5.82 Å². The van der Waals surface area contributed by atoms with E-state index in [1.54, 1.807) is 0 Å². The van der Waals surface area contributed by atoms with Crippen molar-refractivity contribution in [2.75, 3.05) is 0 Å². The maximum absolute atomic E-state index is 6.45. The molecule has 12 rings (SSSR count). The summed E-state index contributed by atoms with van der Waals surface area (Å²) in [5.41, 5.74) is 18.2. The zero-order chi connectivity index (χ0) is 41.0. The van der Waals surface area contributed by atoms with Crippen LogP contribution in [0.4, 0.5) is 0 Å². The van der Waals surface area contributed by atoms with Crippen LogP contribution in [0, 0.1) is 0 Å². The average molecular weight is 791 g/mol. The Kier molecular flexibility index (Phi) is 8.39. The van der Waals surface area contributed by atoms with E-state index in [2.05, 4.69) is 200 Å². The highest BCUT2D eigenvalue weighted by Gasteiger charge is 2.46. The van der Waals surface area contributed by atoms with Gasteiger partial charge in [-0.15, -0.1) is 0 Å². The van der Waals surface area contributed by atoms with Crippen molar-refractivity contribution in [1.82, 2.24) is 9.97 Å². The minimum atomic E-state index is -0.453. The first-order valence-corrected chi connectivity index (χ1v) is 21.1. The average Bonchev–Trinajstić information content (AvgIpc) is 3.89. The topological polar surface area (TPSA) is 38.9 Å². The van der Waals surface area contributed by atoms with Gasteiger partial charge < -0.3 is 4.42 Å². The van der Waals surface area contributed by atoms with Crippen LogP contribution < -0.4 is 0 Å². The Morgan fingerprint density at radius 3 is 1.65 bits per heavy atom. The molecule has 2 aromatic heterocycles. The lowest BCUT2D eigenvalue weighted by Gasteiger charge is -2.34. The van der Waals surface area contributed by atoms with E-state index in [0.717, 1.165) is 66.7 Å². The molecular weight excluding hydrogens is 753 g/mol. The Labute approximate surface area is 360 Å². The molecule has 0 unspecified atom stereocenters. The van der Waals surface area contributed by atoms with Crippen LogP contribution in [0.3, 0.4) is 0 Å². The van der Waals surface area contributed by atoms with Crippen molar-refractivity contribution in [2.45, 2.75) is 5.41 Å².